The van der Waals surface area contributed by atoms with Crippen LogP contribution in [0.1, 0.15) is 18.0 Å². The number of hydrogen-bond donors (Lipinski definition) is 1. The zero-order valence-corrected chi connectivity index (χ0v) is 9.61. The van der Waals surface area contributed by atoms with Crippen LogP contribution in [0.25, 0.3) is 0 Å². The van der Waals surface area contributed by atoms with Crippen LogP contribution < -0.4 is 5.73 Å². The van der Waals surface area contributed by atoms with E-state index in [1.807, 2.05) is 0 Å². The normalized spacial score (nSPS) is 24.9. The zero-order valence-electron chi connectivity index (χ0n) is 7.20. The second kappa shape index (κ2) is 4.09. The van der Waals surface area contributed by atoms with Crippen molar-refractivity contribution >= 4 is 27.3 Å². The highest BCUT2D eigenvalue weighted by molar-refractivity contribution is 9.11. The monoisotopic (exact) mass is 261 g/mol. The van der Waals surface area contributed by atoms with Crippen LogP contribution in [0.3, 0.4) is 0 Å². The summed E-state index contributed by atoms with van der Waals surface area (Å²) in [6, 6.07) is 2.25. The van der Waals surface area contributed by atoms with Crippen LogP contribution in [0.2, 0.25) is 0 Å². The number of ether oxygens (including phenoxy) is 1. The van der Waals surface area contributed by atoms with Crippen LogP contribution in [-0.2, 0) is 4.74 Å². The van der Waals surface area contributed by atoms with Gasteiger partial charge in [-0.05, 0) is 39.4 Å². The number of nitrogens with two attached hydrogens (primary N) is 1. The summed E-state index contributed by atoms with van der Waals surface area (Å²) < 4.78 is 6.47. The van der Waals surface area contributed by atoms with Crippen molar-refractivity contribution in [2.75, 3.05) is 13.2 Å². The van der Waals surface area contributed by atoms with Gasteiger partial charge in [0.2, 0.25) is 0 Å². The van der Waals surface area contributed by atoms with Gasteiger partial charge < -0.3 is 10.5 Å². The molecular formula is C9H12BrNOS. The maximum absolute atomic E-state index is 6.12. The molecule has 2 nitrogen and oxygen atoms in total. The van der Waals surface area contributed by atoms with E-state index in [9.17, 15) is 0 Å². The van der Waals surface area contributed by atoms with E-state index in [1.54, 1.807) is 11.3 Å². The highest BCUT2D eigenvalue weighted by atomic mass is 79.9. The first-order valence-corrected chi connectivity index (χ1v) is 6.02. The first kappa shape index (κ1) is 9.65. The lowest BCUT2D eigenvalue weighted by molar-refractivity contribution is 0.181. The predicted molar refractivity (Wildman–Crippen MR) is 57.9 cm³/mol. The van der Waals surface area contributed by atoms with Crippen molar-refractivity contribution in [3.05, 3.63) is 20.8 Å². The maximum Gasteiger partial charge on any atom is 0.0701 e. The Morgan fingerprint density at radius 3 is 3.08 bits per heavy atom. The number of halogens is 1. The molecule has 4 heteroatoms. The Labute approximate surface area is 90.2 Å². The van der Waals surface area contributed by atoms with E-state index in [1.165, 1.54) is 5.56 Å². The fourth-order valence-electron chi connectivity index (χ4n) is 1.61. The minimum atomic E-state index is 0.144. The van der Waals surface area contributed by atoms with Gasteiger partial charge in [-0.1, -0.05) is 0 Å². The van der Waals surface area contributed by atoms with Crippen molar-refractivity contribution in [1.29, 1.82) is 0 Å². The van der Waals surface area contributed by atoms with Crippen LogP contribution in [0.4, 0.5) is 0 Å². The van der Waals surface area contributed by atoms with E-state index in [0.29, 0.717) is 5.92 Å². The molecule has 0 amide bonds. The third kappa shape index (κ3) is 2.13. The summed E-state index contributed by atoms with van der Waals surface area (Å²) in [7, 11) is 0. The van der Waals surface area contributed by atoms with Gasteiger partial charge in [-0.15, -0.1) is 11.3 Å². The molecule has 0 spiro atoms. The Bertz CT molecular complexity index is 283. The quantitative estimate of drug-likeness (QED) is 0.889. The van der Waals surface area contributed by atoms with Gasteiger partial charge in [0.1, 0.15) is 0 Å². The van der Waals surface area contributed by atoms with Gasteiger partial charge in [-0.2, -0.15) is 0 Å². The van der Waals surface area contributed by atoms with E-state index in [4.69, 9.17) is 10.5 Å². The topological polar surface area (TPSA) is 35.2 Å². The molecule has 1 aliphatic rings. The molecule has 2 heterocycles. The maximum atomic E-state index is 6.12. The first-order chi connectivity index (χ1) is 6.27. The third-order valence-electron chi connectivity index (χ3n) is 2.45. The fourth-order valence-corrected chi connectivity index (χ4v) is 2.83. The van der Waals surface area contributed by atoms with E-state index in [-0.39, 0.29) is 6.04 Å². The molecular weight excluding hydrogens is 250 g/mol. The minimum absolute atomic E-state index is 0.144. The summed E-state index contributed by atoms with van der Waals surface area (Å²) in [6.45, 7) is 1.68. The van der Waals surface area contributed by atoms with Gasteiger partial charge in [-0.25, -0.2) is 0 Å². The Hall–Kier alpha value is 0.1000. The Balaban J connectivity index is 2.07. The molecule has 72 valence electrons. The standard InChI is InChI=1S/C9H12BrNOS/c10-8-3-7(5-13-8)9(11)6-1-2-12-4-6/h3,5-6,9H,1-2,4,11H2. The van der Waals surface area contributed by atoms with E-state index >= 15 is 0 Å². The van der Waals surface area contributed by atoms with E-state index < -0.39 is 0 Å². The summed E-state index contributed by atoms with van der Waals surface area (Å²) >= 11 is 5.13. The largest absolute Gasteiger partial charge is 0.381 e. The second-order valence-electron chi connectivity index (χ2n) is 3.33. The Morgan fingerprint density at radius 2 is 2.54 bits per heavy atom. The van der Waals surface area contributed by atoms with E-state index in [2.05, 4.69) is 27.4 Å². The summed E-state index contributed by atoms with van der Waals surface area (Å²) in [4.78, 5) is 0. The molecule has 0 saturated carbocycles. The molecule has 2 unspecified atom stereocenters. The lowest BCUT2D eigenvalue weighted by Crippen LogP contribution is -2.20. The molecule has 2 rings (SSSR count). The fraction of sp³-hybridized carbons (Fsp3) is 0.556. The van der Waals surface area contributed by atoms with Crippen LogP contribution in [0, 0.1) is 5.92 Å². The molecule has 0 aromatic carbocycles. The van der Waals surface area contributed by atoms with Gasteiger partial charge in [0.05, 0.1) is 10.4 Å². The average Bonchev–Trinajstić information content (AvgIpc) is 2.72. The number of thiophene rings is 1. The van der Waals surface area contributed by atoms with E-state index in [0.717, 1.165) is 23.4 Å². The second-order valence-corrected chi connectivity index (χ2v) is 5.62. The highest BCUT2D eigenvalue weighted by Gasteiger charge is 2.24. The van der Waals surface area contributed by atoms with Crippen molar-refractivity contribution in [2.45, 2.75) is 12.5 Å². The van der Waals surface area contributed by atoms with Crippen LogP contribution in [0.5, 0.6) is 0 Å². The molecule has 1 aromatic rings. The lowest BCUT2D eigenvalue weighted by Gasteiger charge is -2.15. The molecule has 1 fully saturated rings. The lowest BCUT2D eigenvalue weighted by atomic mass is 9.95. The summed E-state index contributed by atoms with van der Waals surface area (Å²) in [5, 5.41) is 2.12. The van der Waals surface area contributed by atoms with Gasteiger partial charge in [-0.3, -0.25) is 0 Å². The van der Waals surface area contributed by atoms with Gasteiger partial charge in [0.15, 0.2) is 0 Å². The minimum Gasteiger partial charge on any atom is -0.381 e. The smallest absolute Gasteiger partial charge is 0.0701 e. The van der Waals surface area contributed by atoms with Gasteiger partial charge in [0.25, 0.3) is 0 Å². The molecule has 1 aromatic heterocycles. The summed E-state index contributed by atoms with van der Waals surface area (Å²) in [5.74, 6) is 0.501. The van der Waals surface area contributed by atoms with Gasteiger partial charge in [0, 0.05) is 18.6 Å². The van der Waals surface area contributed by atoms with Crippen molar-refractivity contribution in [1.82, 2.24) is 0 Å². The predicted octanol–water partition coefficient (Wildman–Crippen LogP) is 2.55. The highest BCUT2D eigenvalue weighted by Crippen LogP contribution is 2.31. The van der Waals surface area contributed by atoms with Crippen molar-refractivity contribution < 1.29 is 4.74 Å². The van der Waals surface area contributed by atoms with Crippen LogP contribution in [0.15, 0.2) is 15.2 Å². The molecule has 13 heavy (non-hydrogen) atoms. The molecule has 1 saturated heterocycles. The van der Waals surface area contributed by atoms with Crippen LogP contribution in [-0.4, -0.2) is 13.2 Å². The summed E-state index contributed by atoms with van der Waals surface area (Å²) in [5.41, 5.74) is 7.35. The molecule has 1 aliphatic heterocycles. The first-order valence-electron chi connectivity index (χ1n) is 4.34. The Kier molecular flexibility index (Phi) is 3.03. The SMILES string of the molecule is NC(c1csc(Br)c1)C1CCOC1. The van der Waals surface area contributed by atoms with Crippen molar-refractivity contribution in [2.24, 2.45) is 11.7 Å². The van der Waals surface area contributed by atoms with Crippen molar-refractivity contribution in [3.8, 4) is 0 Å². The molecule has 0 aliphatic carbocycles. The van der Waals surface area contributed by atoms with Gasteiger partial charge >= 0.3 is 0 Å². The zero-order chi connectivity index (χ0) is 9.26. The average molecular weight is 262 g/mol. The molecule has 0 bridgehead atoms. The number of rotatable bonds is 2. The molecule has 2 atom stereocenters. The number of hydrogen-bond acceptors (Lipinski definition) is 3. The molecule has 2 N–H and O–H groups in total. The molecule has 0 radical (unpaired) electrons. The van der Waals surface area contributed by atoms with Crippen LogP contribution >= 0.6 is 27.3 Å². The Morgan fingerprint density at radius 1 is 1.69 bits per heavy atom. The third-order valence-corrected chi connectivity index (χ3v) is 3.97. The summed E-state index contributed by atoms with van der Waals surface area (Å²) in [6.07, 6.45) is 1.09. The van der Waals surface area contributed by atoms with Crippen molar-refractivity contribution in [3.63, 3.8) is 0 Å².